The van der Waals surface area contributed by atoms with E-state index in [1.165, 1.54) is 6.39 Å². The lowest BCUT2D eigenvalue weighted by Gasteiger charge is -2.14. The fourth-order valence-corrected chi connectivity index (χ4v) is 1.37. The van der Waals surface area contributed by atoms with Crippen molar-refractivity contribution in [2.75, 3.05) is 6.54 Å². The number of hydrogen-bond donors (Lipinski definition) is 2. The van der Waals surface area contributed by atoms with E-state index in [9.17, 15) is 4.79 Å². The summed E-state index contributed by atoms with van der Waals surface area (Å²) in [4.78, 5) is 15.5. The number of carbonyl (C=O) groups excluding carboxylic acids is 1. The minimum absolute atomic E-state index is 0.00648. The van der Waals surface area contributed by atoms with Crippen molar-refractivity contribution in [1.29, 1.82) is 0 Å². The lowest BCUT2D eigenvalue weighted by Crippen LogP contribution is -2.40. The van der Waals surface area contributed by atoms with Gasteiger partial charge in [0.15, 0.2) is 6.39 Å². The number of rotatable bonds is 5. The Morgan fingerprint density at radius 3 is 2.93 bits per heavy atom. The average molecular weight is 211 g/mol. The van der Waals surface area contributed by atoms with E-state index in [0.717, 1.165) is 12.8 Å². The Morgan fingerprint density at radius 1 is 1.73 bits per heavy atom. The molecule has 1 amide bonds. The van der Waals surface area contributed by atoms with E-state index in [1.807, 2.05) is 0 Å². The highest BCUT2D eigenvalue weighted by Gasteiger charge is 2.16. The smallest absolute Gasteiger partial charge is 0.289 e. The van der Waals surface area contributed by atoms with Gasteiger partial charge in [0, 0.05) is 12.6 Å². The van der Waals surface area contributed by atoms with E-state index < -0.39 is 0 Å². The number of nitrogens with two attached hydrogens (primary N) is 1. The molecule has 1 rings (SSSR count). The Hall–Kier alpha value is -1.36. The molecule has 0 radical (unpaired) electrons. The average Bonchev–Trinajstić information content (AvgIpc) is 2.63. The normalized spacial score (nSPS) is 12.5. The number of nitrogens with zero attached hydrogens (tertiary/aromatic N) is 1. The standard InChI is InChI=1S/C10H17N3O2/c1-3-4-8(5-11)13-10(14)9-7(2)12-6-15-9/h6,8H,3-5,11H2,1-2H3,(H,13,14). The Kier molecular flexibility index (Phi) is 4.30. The first-order valence-corrected chi connectivity index (χ1v) is 5.10. The zero-order valence-electron chi connectivity index (χ0n) is 9.12. The lowest BCUT2D eigenvalue weighted by atomic mass is 10.1. The minimum atomic E-state index is -0.242. The molecular formula is C10H17N3O2. The van der Waals surface area contributed by atoms with Gasteiger partial charge in [0.1, 0.15) is 0 Å². The number of oxazole rings is 1. The van der Waals surface area contributed by atoms with Crippen LogP contribution in [0.2, 0.25) is 0 Å². The summed E-state index contributed by atoms with van der Waals surface area (Å²) in [6, 6.07) is 0.00648. The van der Waals surface area contributed by atoms with Crippen molar-refractivity contribution in [3.63, 3.8) is 0 Å². The first-order valence-electron chi connectivity index (χ1n) is 5.10. The maximum atomic E-state index is 11.7. The van der Waals surface area contributed by atoms with Crippen LogP contribution >= 0.6 is 0 Å². The van der Waals surface area contributed by atoms with Gasteiger partial charge < -0.3 is 15.5 Å². The van der Waals surface area contributed by atoms with Gasteiger partial charge in [-0.3, -0.25) is 4.79 Å². The summed E-state index contributed by atoms with van der Waals surface area (Å²) in [6.07, 6.45) is 3.12. The highest BCUT2D eigenvalue weighted by Crippen LogP contribution is 2.05. The molecule has 0 aliphatic rings. The maximum absolute atomic E-state index is 11.7. The highest BCUT2D eigenvalue weighted by atomic mass is 16.3. The van der Waals surface area contributed by atoms with E-state index >= 15 is 0 Å². The van der Waals surface area contributed by atoms with Gasteiger partial charge in [-0.05, 0) is 13.3 Å². The van der Waals surface area contributed by atoms with Crippen molar-refractivity contribution in [1.82, 2.24) is 10.3 Å². The molecule has 0 bridgehead atoms. The summed E-state index contributed by atoms with van der Waals surface area (Å²) in [5, 5.41) is 2.81. The van der Waals surface area contributed by atoms with Crippen LogP contribution in [-0.4, -0.2) is 23.5 Å². The van der Waals surface area contributed by atoms with Crippen LogP contribution in [0.1, 0.15) is 36.0 Å². The lowest BCUT2D eigenvalue weighted by molar-refractivity contribution is 0.0907. The third kappa shape index (κ3) is 3.06. The van der Waals surface area contributed by atoms with E-state index in [0.29, 0.717) is 12.2 Å². The predicted octanol–water partition coefficient (Wildman–Crippen LogP) is 0.840. The molecule has 1 atom stereocenters. The van der Waals surface area contributed by atoms with Gasteiger partial charge in [0.05, 0.1) is 5.69 Å². The second kappa shape index (κ2) is 5.50. The summed E-state index contributed by atoms with van der Waals surface area (Å²) in [5.74, 6) is 0.0263. The largest absolute Gasteiger partial charge is 0.438 e. The first-order chi connectivity index (χ1) is 7.19. The molecule has 0 spiro atoms. The van der Waals surface area contributed by atoms with Gasteiger partial charge in [-0.2, -0.15) is 0 Å². The van der Waals surface area contributed by atoms with Gasteiger partial charge in [0.2, 0.25) is 5.76 Å². The summed E-state index contributed by atoms with van der Waals surface area (Å²) in [7, 11) is 0. The SMILES string of the molecule is CCCC(CN)NC(=O)c1ocnc1C. The molecule has 0 saturated heterocycles. The first kappa shape index (κ1) is 11.7. The molecule has 0 aliphatic heterocycles. The molecular weight excluding hydrogens is 194 g/mol. The second-order valence-electron chi connectivity index (χ2n) is 3.46. The highest BCUT2D eigenvalue weighted by molar-refractivity contribution is 5.92. The molecule has 84 valence electrons. The van der Waals surface area contributed by atoms with Gasteiger partial charge >= 0.3 is 0 Å². The molecule has 1 heterocycles. The van der Waals surface area contributed by atoms with E-state index in [-0.39, 0.29) is 17.7 Å². The van der Waals surface area contributed by atoms with Crippen LogP contribution in [-0.2, 0) is 0 Å². The molecule has 5 nitrogen and oxygen atoms in total. The Balaban J connectivity index is 2.58. The predicted molar refractivity (Wildman–Crippen MR) is 56.5 cm³/mol. The molecule has 1 unspecified atom stereocenters. The second-order valence-corrected chi connectivity index (χ2v) is 3.46. The van der Waals surface area contributed by atoms with Crippen molar-refractivity contribution in [2.45, 2.75) is 32.7 Å². The Bertz CT molecular complexity index is 322. The van der Waals surface area contributed by atoms with Gasteiger partial charge in [-0.25, -0.2) is 4.98 Å². The third-order valence-corrected chi connectivity index (χ3v) is 2.21. The van der Waals surface area contributed by atoms with Gasteiger partial charge in [-0.1, -0.05) is 13.3 Å². The van der Waals surface area contributed by atoms with Gasteiger partial charge in [0.25, 0.3) is 5.91 Å². The number of aryl methyl sites for hydroxylation is 1. The minimum Gasteiger partial charge on any atom is -0.438 e. The molecule has 3 N–H and O–H groups in total. The number of amides is 1. The zero-order valence-corrected chi connectivity index (χ0v) is 9.12. The fourth-order valence-electron chi connectivity index (χ4n) is 1.37. The summed E-state index contributed by atoms with van der Waals surface area (Å²) in [5.41, 5.74) is 6.13. The van der Waals surface area contributed by atoms with E-state index in [2.05, 4.69) is 17.2 Å². The Morgan fingerprint density at radius 2 is 2.47 bits per heavy atom. The molecule has 1 aromatic rings. The molecule has 15 heavy (non-hydrogen) atoms. The van der Waals surface area contributed by atoms with Crippen LogP contribution in [0.15, 0.2) is 10.8 Å². The van der Waals surface area contributed by atoms with Crippen LogP contribution in [0.4, 0.5) is 0 Å². The van der Waals surface area contributed by atoms with Crippen LogP contribution in [0, 0.1) is 6.92 Å². The number of carbonyl (C=O) groups is 1. The van der Waals surface area contributed by atoms with Crippen molar-refractivity contribution in [3.05, 3.63) is 17.8 Å². The fraction of sp³-hybridized carbons (Fsp3) is 0.600. The van der Waals surface area contributed by atoms with Crippen molar-refractivity contribution < 1.29 is 9.21 Å². The summed E-state index contributed by atoms with van der Waals surface area (Å²) < 4.78 is 4.99. The molecule has 0 saturated carbocycles. The number of aromatic nitrogens is 1. The van der Waals surface area contributed by atoms with Crippen LogP contribution in [0.3, 0.4) is 0 Å². The van der Waals surface area contributed by atoms with Crippen molar-refractivity contribution in [2.24, 2.45) is 5.73 Å². The van der Waals surface area contributed by atoms with Crippen molar-refractivity contribution in [3.8, 4) is 0 Å². The number of nitrogens with one attached hydrogen (secondary N) is 1. The maximum Gasteiger partial charge on any atom is 0.289 e. The van der Waals surface area contributed by atoms with Crippen LogP contribution < -0.4 is 11.1 Å². The molecule has 5 heteroatoms. The zero-order chi connectivity index (χ0) is 11.3. The van der Waals surface area contributed by atoms with E-state index in [1.54, 1.807) is 6.92 Å². The molecule has 1 aromatic heterocycles. The summed E-state index contributed by atoms with van der Waals surface area (Å²) >= 11 is 0. The molecule has 0 aromatic carbocycles. The van der Waals surface area contributed by atoms with Crippen LogP contribution in [0.5, 0.6) is 0 Å². The van der Waals surface area contributed by atoms with Gasteiger partial charge in [-0.15, -0.1) is 0 Å². The topological polar surface area (TPSA) is 81.1 Å². The summed E-state index contributed by atoms with van der Waals surface area (Å²) in [6.45, 7) is 4.22. The molecule has 0 aliphatic carbocycles. The Labute approximate surface area is 89.1 Å². The van der Waals surface area contributed by atoms with E-state index in [4.69, 9.17) is 10.2 Å². The third-order valence-electron chi connectivity index (χ3n) is 2.21. The molecule has 0 fully saturated rings. The monoisotopic (exact) mass is 211 g/mol. The van der Waals surface area contributed by atoms with Crippen LogP contribution in [0.25, 0.3) is 0 Å². The quantitative estimate of drug-likeness (QED) is 0.756. The number of hydrogen-bond acceptors (Lipinski definition) is 4. The van der Waals surface area contributed by atoms with Crippen molar-refractivity contribution >= 4 is 5.91 Å².